The Labute approximate surface area is 69.3 Å². The van der Waals surface area contributed by atoms with E-state index in [1.165, 1.54) is 4.90 Å². The van der Waals surface area contributed by atoms with Gasteiger partial charge in [-0.3, -0.25) is 4.90 Å². The van der Waals surface area contributed by atoms with Crippen molar-refractivity contribution in [2.75, 3.05) is 19.7 Å². The van der Waals surface area contributed by atoms with Gasteiger partial charge in [0.15, 0.2) is 4.46 Å². The Bertz CT molecular complexity index is 87.9. The maximum atomic E-state index is 8.50. The van der Waals surface area contributed by atoms with Gasteiger partial charge in [0.25, 0.3) is 0 Å². The molecule has 0 radical (unpaired) electrons. The van der Waals surface area contributed by atoms with E-state index in [-0.39, 0.29) is 12.6 Å². The number of nitrogens with zero attached hydrogens (tertiary/aromatic N) is 1. The van der Waals surface area contributed by atoms with Gasteiger partial charge in [0.2, 0.25) is 0 Å². The summed E-state index contributed by atoms with van der Waals surface area (Å²) in [5.74, 6) is 0.0627. The lowest BCUT2D eigenvalue weighted by Gasteiger charge is -2.26. The molecule has 0 aliphatic rings. The van der Waals surface area contributed by atoms with E-state index in [2.05, 4.69) is 0 Å². The first-order chi connectivity index (χ1) is 4.04. The van der Waals surface area contributed by atoms with E-state index in [9.17, 15) is 0 Å². The molecule has 0 bridgehead atoms. The van der Waals surface area contributed by atoms with Gasteiger partial charge in [-0.05, 0) is 7.05 Å². The molecule has 2 nitrogen and oxygen atoms in total. The molecular formula is C4H8Cl3NO. The van der Waals surface area contributed by atoms with Crippen LogP contribution in [0.2, 0.25) is 0 Å². The van der Waals surface area contributed by atoms with E-state index in [0.717, 1.165) is 0 Å². The number of aliphatic hydroxyl groups is 1. The molecule has 5 heteroatoms. The number of hydrogen-bond donors (Lipinski definition) is 1. The molecule has 1 N–H and O–H groups in total. The van der Waals surface area contributed by atoms with Crippen molar-refractivity contribution in [2.24, 2.45) is 0 Å². The number of rotatable bonds is 3. The van der Waals surface area contributed by atoms with Crippen LogP contribution in [0.25, 0.3) is 0 Å². The van der Waals surface area contributed by atoms with Crippen molar-refractivity contribution < 1.29 is 5.11 Å². The Morgan fingerprint density at radius 2 is 2.00 bits per heavy atom. The third kappa shape index (κ3) is 2.92. The lowest BCUT2D eigenvalue weighted by molar-refractivity contribution is 0.114. The van der Waals surface area contributed by atoms with Crippen molar-refractivity contribution in [3.63, 3.8) is 0 Å². The van der Waals surface area contributed by atoms with Crippen LogP contribution in [0.1, 0.15) is 0 Å². The summed E-state index contributed by atoms with van der Waals surface area (Å²) in [6, 6.07) is 0. The molecule has 0 fully saturated rings. The highest BCUT2D eigenvalue weighted by atomic mass is 35.5. The van der Waals surface area contributed by atoms with Crippen molar-refractivity contribution in [3.8, 4) is 0 Å². The lowest BCUT2D eigenvalue weighted by atomic mass is 10.6. The lowest BCUT2D eigenvalue weighted by Crippen LogP contribution is -2.38. The van der Waals surface area contributed by atoms with E-state index in [4.69, 9.17) is 39.9 Å². The van der Waals surface area contributed by atoms with E-state index in [1.807, 2.05) is 0 Å². The van der Waals surface area contributed by atoms with Crippen molar-refractivity contribution in [3.05, 3.63) is 0 Å². The summed E-state index contributed by atoms with van der Waals surface area (Å²) in [5, 5.41) is 8.50. The van der Waals surface area contributed by atoms with Crippen molar-refractivity contribution >= 4 is 34.8 Å². The molecule has 0 saturated carbocycles. The van der Waals surface area contributed by atoms with Crippen LogP contribution in [0.4, 0.5) is 0 Å². The fourth-order valence-electron chi connectivity index (χ4n) is 0.205. The molecule has 0 rings (SSSR count). The number of aliphatic hydroxyl groups excluding tert-OH is 1. The average molecular weight is 192 g/mol. The zero-order valence-electron chi connectivity index (χ0n) is 4.94. The minimum Gasteiger partial charge on any atom is -0.381 e. The Hall–Kier alpha value is 0.790. The van der Waals surface area contributed by atoms with Crippen molar-refractivity contribution in [2.45, 2.75) is 4.46 Å². The first kappa shape index (κ1) is 9.79. The molecule has 0 aliphatic carbocycles. The SMILES string of the molecule is CN(CO)C(Cl)(Cl)CCl. The molecule has 0 unspecified atom stereocenters. The van der Waals surface area contributed by atoms with Crippen LogP contribution >= 0.6 is 34.8 Å². The van der Waals surface area contributed by atoms with E-state index < -0.39 is 4.46 Å². The molecular weight excluding hydrogens is 184 g/mol. The molecule has 0 amide bonds. The van der Waals surface area contributed by atoms with Gasteiger partial charge in [-0.2, -0.15) is 0 Å². The number of alkyl halides is 3. The smallest absolute Gasteiger partial charge is 0.186 e. The minimum absolute atomic E-state index is 0.0627. The summed E-state index contributed by atoms with van der Waals surface area (Å²) in [6.45, 7) is -0.209. The molecule has 0 spiro atoms. The highest BCUT2D eigenvalue weighted by Gasteiger charge is 2.27. The van der Waals surface area contributed by atoms with Gasteiger partial charge < -0.3 is 5.11 Å². The van der Waals surface area contributed by atoms with Gasteiger partial charge in [-0.1, -0.05) is 23.2 Å². The first-order valence-electron chi connectivity index (χ1n) is 2.30. The van der Waals surface area contributed by atoms with Gasteiger partial charge in [-0.15, -0.1) is 11.6 Å². The molecule has 0 aromatic rings. The molecule has 0 aromatic carbocycles. The highest BCUT2D eigenvalue weighted by molar-refractivity contribution is 6.51. The van der Waals surface area contributed by atoms with Crippen molar-refractivity contribution in [1.82, 2.24) is 4.90 Å². The zero-order valence-corrected chi connectivity index (χ0v) is 7.21. The maximum Gasteiger partial charge on any atom is 0.186 e. The molecule has 0 aromatic heterocycles. The summed E-state index contributed by atoms with van der Waals surface area (Å²) in [6.07, 6.45) is 0. The maximum absolute atomic E-state index is 8.50. The van der Waals surface area contributed by atoms with Crippen LogP contribution in [0, 0.1) is 0 Å². The monoisotopic (exact) mass is 191 g/mol. The highest BCUT2D eigenvalue weighted by Crippen LogP contribution is 2.24. The molecule has 0 atom stereocenters. The van der Waals surface area contributed by atoms with Crippen LogP contribution in [-0.2, 0) is 0 Å². The fraction of sp³-hybridized carbons (Fsp3) is 1.00. The molecule has 0 aliphatic heterocycles. The van der Waals surface area contributed by atoms with Gasteiger partial charge in [0.1, 0.15) is 0 Å². The Morgan fingerprint density at radius 3 is 2.11 bits per heavy atom. The Balaban J connectivity index is 3.80. The van der Waals surface area contributed by atoms with Crippen LogP contribution in [-0.4, -0.2) is 34.1 Å². The van der Waals surface area contributed by atoms with Crippen LogP contribution in [0.3, 0.4) is 0 Å². The molecule has 9 heavy (non-hydrogen) atoms. The molecule has 56 valence electrons. The van der Waals surface area contributed by atoms with Gasteiger partial charge in [-0.25, -0.2) is 0 Å². The van der Waals surface area contributed by atoms with E-state index >= 15 is 0 Å². The second-order valence-electron chi connectivity index (χ2n) is 1.64. The number of hydrogen-bond acceptors (Lipinski definition) is 2. The van der Waals surface area contributed by atoms with Crippen LogP contribution < -0.4 is 0 Å². The Morgan fingerprint density at radius 1 is 1.56 bits per heavy atom. The molecule has 0 saturated heterocycles. The molecule has 0 heterocycles. The van der Waals surface area contributed by atoms with E-state index in [0.29, 0.717) is 0 Å². The predicted octanol–water partition coefficient (Wildman–Crippen LogP) is 1.24. The second kappa shape index (κ2) is 3.84. The predicted molar refractivity (Wildman–Crippen MR) is 40.0 cm³/mol. The number of halogens is 3. The standard InChI is InChI=1S/C4H8Cl3NO/c1-8(3-9)4(6,7)2-5/h9H,2-3H2,1H3. The van der Waals surface area contributed by atoms with Crippen LogP contribution in [0.5, 0.6) is 0 Å². The normalized spacial score (nSPS) is 12.7. The van der Waals surface area contributed by atoms with Crippen molar-refractivity contribution in [1.29, 1.82) is 0 Å². The van der Waals surface area contributed by atoms with Gasteiger partial charge in [0.05, 0.1) is 12.6 Å². The summed E-state index contributed by atoms with van der Waals surface area (Å²) in [5.41, 5.74) is 0. The Kier molecular flexibility index (Phi) is 4.17. The first-order valence-corrected chi connectivity index (χ1v) is 3.59. The third-order valence-corrected chi connectivity index (χ3v) is 2.44. The van der Waals surface area contributed by atoms with Crippen LogP contribution in [0.15, 0.2) is 0 Å². The summed E-state index contributed by atoms with van der Waals surface area (Å²) in [4.78, 5) is 1.32. The quantitative estimate of drug-likeness (QED) is 0.413. The zero-order chi connectivity index (χ0) is 7.49. The van der Waals surface area contributed by atoms with E-state index in [1.54, 1.807) is 7.05 Å². The summed E-state index contributed by atoms with van der Waals surface area (Å²) >= 11 is 16.5. The second-order valence-corrected chi connectivity index (χ2v) is 3.35. The minimum atomic E-state index is -1.16. The van der Waals surface area contributed by atoms with Gasteiger partial charge >= 0.3 is 0 Å². The van der Waals surface area contributed by atoms with Gasteiger partial charge in [0, 0.05) is 0 Å². The topological polar surface area (TPSA) is 23.5 Å². The third-order valence-electron chi connectivity index (χ3n) is 0.931. The average Bonchev–Trinajstić information content (AvgIpc) is 1.86. The largest absolute Gasteiger partial charge is 0.381 e. The summed E-state index contributed by atoms with van der Waals surface area (Å²) in [7, 11) is 1.57. The fourth-order valence-corrected chi connectivity index (χ4v) is 0.516. The summed E-state index contributed by atoms with van der Waals surface area (Å²) < 4.78 is -1.16.